The fraction of sp³-hybridized carbons (Fsp3) is 0. The van der Waals surface area contributed by atoms with Crippen molar-refractivity contribution in [2.45, 2.75) is 4.90 Å². The van der Waals surface area contributed by atoms with Gasteiger partial charge < -0.3 is 4.40 Å². The molecule has 0 saturated carbocycles. The van der Waals surface area contributed by atoms with Crippen molar-refractivity contribution in [3.63, 3.8) is 0 Å². The molecular weight excluding hydrogens is 317 g/mol. The highest BCUT2D eigenvalue weighted by Gasteiger charge is 2.09. The van der Waals surface area contributed by atoms with E-state index in [1.165, 1.54) is 12.3 Å². The van der Waals surface area contributed by atoms with Crippen molar-refractivity contribution >= 4 is 38.1 Å². The van der Waals surface area contributed by atoms with Gasteiger partial charge in [0.05, 0.1) is 10.4 Å². The van der Waals surface area contributed by atoms with Crippen molar-refractivity contribution in [2.24, 2.45) is 5.14 Å². The highest BCUT2D eigenvalue weighted by atomic mass is 127. The van der Waals surface area contributed by atoms with Crippen LogP contribution in [0.2, 0.25) is 0 Å². The molecule has 0 fully saturated rings. The van der Waals surface area contributed by atoms with Gasteiger partial charge in [-0.25, -0.2) is 18.5 Å². The minimum absolute atomic E-state index is 0.0822. The first kappa shape index (κ1) is 9.87. The van der Waals surface area contributed by atoms with Crippen LogP contribution in [0.1, 0.15) is 0 Å². The van der Waals surface area contributed by atoms with Gasteiger partial charge in [-0.1, -0.05) is 0 Å². The van der Waals surface area contributed by atoms with E-state index in [1.54, 1.807) is 16.8 Å². The summed E-state index contributed by atoms with van der Waals surface area (Å²) in [5.41, 5.74) is 0.859. The molecule has 0 saturated heterocycles. The average molecular weight is 323 g/mol. The second kappa shape index (κ2) is 3.17. The third kappa shape index (κ3) is 1.62. The van der Waals surface area contributed by atoms with Crippen LogP contribution in [-0.2, 0) is 10.0 Å². The molecule has 7 heteroatoms. The molecule has 2 N–H and O–H groups in total. The van der Waals surface area contributed by atoms with Crippen molar-refractivity contribution in [1.29, 1.82) is 0 Å². The van der Waals surface area contributed by atoms with Crippen LogP contribution in [0.25, 0.3) is 5.52 Å². The zero-order chi connectivity index (χ0) is 10.3. The fourth-order valence-corrected chi connectivity index (χ4v) is 2.22. The number of sulfonamides is 1. The molecule has 0 aliphatic carbocycles. The molecule has 74 valence electrons. The summed E-state index contributed by atoms with van der Waals surface area (Å²) >= 11 is 2.07. The summed E-state index contributed by atoms with van der Waals surface area (Å²) in [5.74, 6) is 0. The number of rotatable bonds is 1. The van der Waals surface area contributed by atoms with E-state index in [0.29, 0.717) is 0 Å². The van der Waals surface area contributed by atoms with Crippen molar-refractivity contribution in [3.05, 3.63) is 28.4 Å². The van der Waals surface area contributed by atoms with Crippen LogP contribution in [-0.4, -0.2) is 17.8 Å². The summed E-state index contributed by atoms with van der Waals surface area (Å²) in [5, 5.41) is 4.99. The maximum atomic E-state index is 11.0. The first-order valence-corrected chi connectivity index (χ1v) is 6.26. The predicted molar refractivity (Wildman–Crippen MR) is 59.3 cm³/mol. The molecule has 0 spiro atoms. The van der Waals surface area contributed by atoms with E-state index in [0.717, 1.165) is 9.22 Å². The molecule has 5 nitrogen and oxygen atoms in total. The van der Waals surface area contributed by atoms with Crippen LogP contribution in [0.15, 0.2) is 29.6 Å². The molecule has 2 aromatic heterocycles. The normalized spacial score (nSPS) is 12.1. The fourth-order valence-electron chi connectivity index (χ4n) is 1.11. The monoisotopic (exact) mass is 323 g/mol. The zero-order valence-electron chi connectivity index (χ0n) is 6.88. The van der Waals surface area contributed by atoms with E-state index in [1.807, 2.05) is 0 Å². The molecule has 0 bridgehead atoms. The highest BCUT2D eigenvalue weighted by molar-refractivity contribution is 14.1. The summed E-state index contributed by atoms with van der Waals surface area (Å²) in [6, 6.07) is 3.14. The van der Waals surface area contributed by atoms with Gasteiger partial charge in [-0.2, -0.15) is 0 Å². The summed E-state index contributed by atoms with van der Waals surface area (Å²) in [6.07, 6.45) is 2.99. The van der Waals surface area contributed by atoms with Gasteiger partial charge in [0.1, 0.15) is 10.0 Å². The first-order valence-electron chi connectivity index (χ1n) is 3.63. The summed E-state index contributed by atoms with van der Waals surface area (Å²) in [7, 11) is -3.64. The molecule has 0 atom stereocenters. The van der Waals surface area contributed by atoms with Crippen LogP contribution in [0, 0.1) is 3.70 Å². The Labute approximate surface area is 94.1 Å². The summed E-state index contributed by atoms with van der Waals surface area (Å²) in [6.45, 7) is 0. The van der Waals surface area contributed by atoms with Gasteiger partial charge in [-0.15, -0.1) is 0 Å². The van der Waals surface area contributed by atoms with Gasteiger partial charge in [0.25, 0.3) is 0 Å². The topological polar surface area (TPSA) is 77.5 Å². The Kier molecular flexibility index (Phi) is 2.24. The summed E-state index contributed by atoms with van der Waals surface area (Å²) in [4.78, 5) is 4.12. The number of nitrogens with zero attached hydrogens (tertiary/aromatic N) is 2. The van der Waals surface area contributed by atoms with Gasteiger partial charge in [-0.3, -0.25) is 0 Å². The van der Waals surface area contributed by atoms with Gasteiger partial charge >= 0.3 is 0 Å². The molecular formula is C7H6IN3O2S. The number of primary sulfonamides is 1. The number of imidazole rings is 1. The highest BCUT2D eigenvalue weighted by Crippen LogP contribution is 2.14. The van der Waals surface area contributed by atoms with Gasteiger partial charge in [-0.05, 0) is 34.7 Å². The maximum absolute atomic E-state index is 11.0. The van der Waals surface area contributed by atoms with Crippen molar-refractivity contribution in [3.8, 4) is 0 Å². The maximum Gasteiger partial charge on any atom is 0.239 e. The lowest BCUT2D eigenvalue weighted by molar-refractivity contribution is 0.597. The largest absolute Gasteiger partial charge is 0.304 e. The van der Waals surface area contributed by atoms with E-state index < -0.39 is 10.0 Å². The number of fused-ring (bicyclic) bond motifs is 1. The molecule has 0 aromatic carbocycles. The Morgan fingerprint density at radius 3 is 2.79 bits per heavy atom. The minimum atomic E-state index is -3.64. The minimum Gasteiger partial charge on any atom is -0.304 e. The number of halogens is 1. The van der Waals surface area contributed by atoms with Crippen LogP contribution in [0.3, 0.4) is 0 Å². The SMILES string of the molecule is NS(=O)(=O)c1ccc2c(I)ncn2c1. The first-order chi connectivity index (χ1) is 6.48. The molecule has 0 radical (unpaired) electrons. The Hall–Kier alpha value is -0.670. The molecule has 0 amide bonds. The van der Waals surface area contributed by atoms with E-state index in [-0.39, 0.29) is 4.90 Å². The van der Waals surface area contributed by atoms with E-state index in [9.17, 15) is 8.42 Å². The molecule has 2 aromatic rings. The second-order valence-electron chi connectivity index (χ2n) is 2.74. The molecule has 0 unspecified atom stereocenters. The van der Waals surface area contributed by atoms with Gasteiger partial charge in [0.2, 0.25) is 10.0 Å². The molecule has 2 heterocycles. The van der Waals surface area contributed by atoms with Crippen molar-refractivity contribution in [1.82, 2.24) is 9.38 Å². The number of aromatic nitrogens is 2. The molecule has 14 heavy (non-hydrogen) atoms. The standard InChI is InChI=1S/C7H6IN3O2S/c8-7-6-2-1-5(14(9,12)13)3-11(6)4-10-7/h1-4H,(H2,9,12,13). The van der Waals surface area contributed by atoms with Crippen LogP contribution in [0.4, 0.5) is 0 Å². The smallest absolute Gasteiger partial charge is 0.239 e. The van der Waals surface area contributed by atoms with Gasteiger partial charge in [0, 0.05) is 6.20 Å². The lowest BCUT2D eigenvalue weighted by atomic mass is 10.4. The Morgan fingerprint density at radius 2 is 2.14 bits per heavy atom. The van der Waals surface area contributed by atoms with Crippen molar-refractivity contribution < 1.29 is 8.42 Å². The molecule has 2 rings (SSSR count). The number of hydrogen-bond donors (Lipinski definition) is 1. The Balaban J connectivity index is 2.76. The van der Waals surface area contributed by atoms with E-state index in [4.69, 9.17) is 5.14 Å². The second-order valence-corrected chi connectivity index (χ2v) is 5.32. The number of pyridine rings is 1. The van der Waals surface area contributed by atoms with Gasteiger partial charge in [0.15, 0.2) is 0 Å². The quantitative estimate of drug-likeness (QED) is 0.780. The average Bonchev–Trinajstić information content (AvgIpc) is 2.46. The van der Waals surface area contributed by atoms with Crippen LogP contribution >= 0.6 is 22.6 Å². The third-order valence-electron chi connectivity index (χ3n) is 1.79. The lowest BCUT2D eigenvalue weighted by Gasteiger charge is -1.99. The number of nitrogens with two attached hydrogens (primary N) is 1. The lowest BCUT2D eigenvalue weighted by Crippen LogP contribution is -2.12. The zero-order valence-corrected chi connectivity index (χ0v) is 9.86. The van der Waals surface area contributed by atoms with E-state index in [2.05, 4.69) is 27.6 Å². The molecule has 0 aliphatic heterocycles. The van der Waals surface area contributed by atoms with E-state index >= 15 is 0 Å². The molecule has 0 aliphatic rings. The third-order valence-corrected chi connectivity index (χ3v) is 3.52. The predicted octanol–water partition coefficient (Wildman–Crippen LogP) is 0.586. The Bertz CT molecular complexity index is 590. The van der Waals surface area contributed by atoms with Crippen LogP contribution in [0.5, 0.6) is 0 Å². The summed E-state index contributed by atoms with van der Waals surface area (Å²) < 4.78 is 24.5. The van der Waals surface area contributed by atoms with Crippen LogP contribution < -0.4 is 5.14 Å². The Morgan fingerprint density at radius 1 is 1.43 bits per heavy atom. The van der Waals surface area contributed by atoms with Crippen molar-refractivity contribution in [2.75, 3.05) is 0 Å². The number of hydrogen-bond acceptors (Lipinski definition) is 3.